The second kappa shape index (κ2) is 5.24. The minimum Gasteiger partial charge on any atom is -0.351 e. The Bertz CT molecular complexity index is 434. The molecule has 1 aliphatic heterocycles. The molecule has 2 heterocycles. The maximum Gasteiger partial charge on any atom is 0.147 e. The maximum atomic E-state index is 6.24. The number of rotatable bonds is 4. The minimum absolute atomic E-state index is 0.511. The van der Waals surface area contributed by atoms with Gasteiger partial charge in [0.05, 0.1) is 10.0 Å². The van der Waals surface area contributed by atoms with Crippen molar-refractivity contribution in [3.05, 3.63) is 22.3 Å². The Kier molecular flexibility index (Phi) is 3.64. The van der Waals surface area contributed by atoms with Crippen LogP contribution in [0.2, 0.25) is 10.0 Å². The second-order valence-electron chi connectivity index (χ2n) is 5.13. The Labute approximate surface area is 117 Å². The van der Waals surface area contributed by atoms with E-state index >= 15 is 0 Å². The molecule has 0 bridgehead atoms. The van der Waals surface area contributed by atoms with Crippen LogP contribution in [0.1, 0.15) is 25.7 Å². The van der Waals surface area contributed by atoms with E-state index in [0.717, 1.165) is 24.9 Å². The van der Waals surface area contributed by atoms with Crippen molar-refractivity contribution in [3.8, 4) is 0 Å². The zero-order chi connectivity index (χ0) is 12.5. The van der Waals surface area contributed by atoms with E-state index in [4.69, 9.17) is 23.2 Å². The summed E-state index contributed by atoms with van der Waals surface area (Å²) in [6, 6.07) is 3.03. The summed E-state index contributed by atoms with van der Waals surface area (Å²) in [4.78, 5) is 6.70. The fraction of sp³-hybridized carbons (Fsp3) is 0.615. The predicted octanol–water partition coefficient (Wildman–Crippen LogP) is 3.11. The van der Waals surface area contributed by atoms with Crippen LogP contribution in [-0.4, -0.2) is 30.2 Å². The highest BCUT2D eigenvalue weighted by molar-refractivity contribution is 6.36. The van der Waals surface area contributed by atoms with Crippen LogP contribution in [0.25, 0.3) is 0 Å². The van der Waals surface area contributed by atoms with Gasteiger partial charge in [-0.05, 0) is 31.7 Å². The molecule has 5 heteroatoms. The highest BCUT2D eigenvalue weighted by atomic mass is 35.5. The molecule has 0 aromatic carbocycles. The molecule has 2 aliphatic rings. The van der Waals surface area contributed by atoms with Crippen LogP contribution in [0, 0.1) is 0 Å². The van der Waals surface area contributed by atoms with E-state index in [9.17, 15) is 0 Å². The standard InChI is InChI=1S/C13H17Cl2N3/c14-9-6-12(15)13(17-7-9)18-5-1-2-11(18)8-16-10-3-4-10/h6-7,10-11,16H,1-5,8H2. The molecule has 1 atom stereocenters. The summed E-state index contributed by atoms with van der Waals surface area (Å²) in [6.07, 6.45) is 6.74. The van der Waals surface area contributed by atoms with Gasteiger partial charge in [0.25, 0.3) is 0 Å². The fourth-order valence-corrected chi connectivity index (χ4v) is 3.02. The van der Waals surface area contributed by atoms with Crippen LogP contribution in [0.5, 0.6) is 0 Å². The second-order valence-corrected chi connectivity index (χ2v) is 5.97. The monoisotopic (exact) mass is 285 g/mol. The minimum atomic E-state index is 0.511. The smallest absolute Gasteiger partial charge is 0.147 e. The van der Waals surface area contributed by atoms with Crippen molar-refractivity contribution >= 4 is 29.0 Å². The molecule has 1 N–H and O–H groups in total. The van der Waals surface area contributed by atoms with Gasteiger partial charge in [-0.15, -0.1) is 0 Å². The van der Waals surface area contributed by atoms with E-state index in [1.54, 1.807) is 12.3 Å². The lowest BCUT2D eigenvalue weighted by atomic mass is 10.2. The topological polar surface area (TPSA) is 28.2 Å². The molecule has 18 heavy (non-hydrogen) atoms. The van der Waals surface area contributed by atoms with E-state index in [2.05, 4.69) is 15.2 Å². The summed E-state index contributed by atoms with van der Waals surface area (Å²) in [5, 5.41) is 4.84. The third-order valence-electron chi connectivity index (χ3n) is 3.66. The van der Waals surface area contributed by atoms with Crippen LogP contribution in [0.4, 0.5) is 5.82 Å². The van der Waals surface area contributed by atoms with E-state index < -0.39 is 0 Å². The summed E-state index contributed by atoms with van der Waals surface area (Å²) >= 11 is 12.1. The van der Waals surface area contributed by atoms with Crippen molar-refractivity contribution < 1.29 is 0 Å². The third-order valence-corrected chi connectivity index (χ3v) is 4.14. The molecule has 1 saturated carbocycles. The van der Waals surface area contributed by atoms with Gasteiger partial charge >= 0.3 is 0 Å². The summed E-state index contributed by atoms with van der Waals surface area (Å²) in [7, 11) is 0. The third kappa shape index (κ3) is 2.73. The molecule has 0 spiro atoms. The molecule has 0 amide bonds. The van der Waals surface area contributed by atoms with Crippen LogP contribution in [0.15, 0.2) is 12.3 Å². The number of aromatic nitrogens is 1. The zero-order valence-corrected chi connectivity index (χ0v) is 11.7. The fourth-order valence-electron chi connectivity index (χ4n) is 2.54. The van der Waals surface area contributed by atoms with Crippen molar-refractivity contribution in [2.75, 3.05) is 18.0 Å². The normalized spacial score (nSPS) is 23.7. The highest BCUT2D eigenvalue weighted by Gasteiger charge is 2.29. The molecule has 0 radical (unpaired) electrons. The molecule has 3 rings (SSSR count). The Morgan fingerprint density at radius 2 is 2.17 bits per heavy atom. The maximum absolute atomic E-state index is 6.24. The van der Waals surface area contributed by atoms with Gasteiger partial charge in [-0.3, -0.25) is 0 Å². The zero-order valence-electron chi connectivity index (χ0n) is 10.2. The first-order valence-corrected chi connectivity index (χ1v) is 7.30. The van der Waals surface area contributed by atoms with Crippen LogP contribution < -0.4 is 10.2 Å². The molecule has 1 aliphatic carbocycles. The summed E-state index contributed by atoms with van der Waals surface area (Å²) in [5.41, 5.74) is 0. The van der Waals surface area contributed by atoms with Gasteiger partial charge in [-0.1, -0.05) is 23.2 Å². The number of pyridine rings is 1. The summed E-state index contributed by atoms with van der Waals surface area (Å²) in [6.45, 7) is 2.07. The van der Waals surface area contributed by atoms with E-state index in [1.165, 1.54) is 25.7 Å². The Hall–Kier alpha value is -0.510. The van der Waals surface area contributed by atoms with Crippen molar-refractivity contribution in [1.29, 1.82) is 0 Å². The van der Waals surface area contributed by atoms with Gasteiger partial charge in [0.15, 0.2) is 0 Å². The molecule has 1 aromatic rings. The number of hydrogen-bond donors (Lipinski definition) is 1. The number of nitrogens with zero attached hydrogens (tertiary/aromatic N) is 2. The first-order valence-electron chi connectivity index (χ1n) is 6.55. The van der Waals surface area contributed by atoms with Crippen molar-refractivity contribution in [1.82, 2.24) is 10.3 Å². The van der Waals surface area contributed by atoms with Crippen molar-refractivity contribution in [2.45, 2.75) is 37.8 Å². The Morgan fingerprint density at radius 1 is 1.33 bits per heavy atom. The molecule has 98 valence electrons. The number of halogens is 2. The average molecular weight is 286 g/mol. The van der Waals surface area contributed by atoms with Gasteiger partial charge in [-0.2, -0.15) is 0 Å². The van der Waals surface area contributed by atoms with Crippen LogP contribution in [0.3, 0.4) is 0 Å². The first kappa shape index (κ1) is 12.5. The Balaban J connectivity index is 1.72. The summed E-state index contributed by atoms with van der Waals surface area (Å²) in [5.74, 6) is 0.876. The predicted molar refractivity (Wildman–Crippen MR) is 75.6 cm³/mol. The molecule has 1 aromatic heterocycles. The number of nitrogens with one attached hydrogen (secondary N) is 1. The summed E-state index contributed by atoms with van der Waals surface area (Å²) < 4.78 is 0. The molecule has 3 nitrogen and oxygen atoms in total. The average Bonchev–Trinajstić information content (AvgIpc) is 3.06. The van der Waals surface area contributed by atoms with E-state index in [1.807, 2.05) is 0 Å². The van der Waals surface area contributed by atoms with Gasteiger partial charge in [0.1, 0.15) is 5.82 Å². The van der Waals surface area contributed by atoms with Gasteiger partial charge in [-0.25, -0.2) is 4.98 Å². The Morgan fingerprint density at radius 3 is 2.89 bits per heavy atom. The van der Waals surface area contributed by atoms with Gasteiger partial charge < -0.3 is 10.2 Å². The number of anilines is 1. The van der Waals surface area contributed by atoms with Crippen molar-refractivity contribution in [3.63, 3.8) is 0 Å². The molecular weight excluding hydrogens is 269 g/mol. The van der Waals surface area contributed by atoms with E-state index in [-0.39, 0.29) is 0 Å². The van der Waals surface area contributed by atoms with Gasteiger partial charge in [0, 0.05) is 31.4 Å². The lowest BCUT2D eigenvalue weighted by molar-refractivity contribution is 0.568. The molecule has 2 fully saturated rings. The van der Waals surface area contributed by atoms with Crippen LogP contribution in [-0.2, 0) is 0 Å². The largest absolute Gasteiger partial charge is 0.351 e. The quantitative estimate of drug-likeness (QED) is 0.921. The molecule has 1 unspecified atom stereocenters. The van der Waals surface area contributed by atoms with Gasteiger partial charge in [0.2, 0.25) is 0 Å². The SMILES string of the molecule is Clc1cnc(N2CCCC2CNC2CC2)c(Cl)c1. The van der Waals surface area contributed by atoms with E-state index in [0.29, 0.717) is 16.1 Å². The highest BCUT2D eigenvalue weighted by Crippen LogP contribution is 2.31. The van der Waals surface area contributed by atoms with Crippen molar-refractivity contribution in [2.24, 2.45) is 0 Å². The lowest BCUT2D eigenvalue weighted by Gasteiger charge is -2.26. The first-order chi connectivity index (χ1) is 8.74. The molecular formula is C13H17Cl2N3. The van der Waals surface area contributed by atoms with Crippen LogP contribution >= 0.6 is 23.2 Å². The number of hydrogen-bond acceptors (Lipinski definition) is 3. The lowest BCUT2D eigenvalue weighted by Crippen LogP contribution is -2.39. The molecule has 1 saturated heterocycles.